The van der Waals surface area contributed by atoms with E-state index in [1.807, 2.05) is 56.9 Å². The number of benzene rings is 1. The van der Waals surface area contributed by atoms with E-state index < -0.39 is 0 Å². The van der Waals surface area contributed by atoms with Crippen molar-refractivity contribution < 1.29 is 9.53 Å². The number of morpholine rings is 1. The maximum atomic E-state index is 13.0. The largest absolute Gasteiger partial charge is 0.372 e. The second kappa shape index (κ2) is 5.69. The summed E-state index contributed by atoms with van der Waals surface area (Å²) in [6.07, 6.45) is 0.146. The minimum Gasteiger partial charge on any atom is -0.372 e. The monoisotopic (exact) mass is 298 g/mol. The van der Waals surface area contributed by atoms with Gasteiger partial charge in [0.25, 0.3) is 5.91 Å². The van der Waals surface area contributed by atoms with Crippen molar-refractivity contribution in [2.75, 3.05) is 13.1 Å². The summed E-state index contributed by atoms with van der Waals surface area (Å²) in [5.41, 5.74) is 3.63. The number of rotatable bonds is 1. The summed E-state index contributed by atoms with van der Waals surface area (Å²) < 4.78 is 5.73. The lowest BCUT2D eigenvalue weighted by molar-refractivity contribution is -0.0585. The zero-order chi connectivity index (χ0) is 15.9. The lowest BCUT2D eigenvalue weighted by atomic mass is 10.0. The second-order valence-electron chi connectivity index (χ2n) is 6.30. The molecule has 2 unspecified atom stereocenters. The molecule has 22 heavy (non-hydrogen) atoms. The third kappa shape index (κ3) is 2.83. The molecule has 1 amide bonds. The van der Waals surface area contributed by atoms with Gasteiger partial charge in [0.15, 0.2) is 0 Å². The molecule has 1 saturated heterocycles. The van der Waals surface area contributed by atoms with E-state index in [1.54, 1.807) is 0 Å². The molecule has 4 nitrogen and oxygen atoms in total. The fraction of sp³-hybridized carbons (Fsp3) is 0.444. The van der Waals surface area contributed by atoms with Gasteiger partial charge in [-0.05, 0) is 45.9 Å². The predicted molar refractivity (Wildman–Crippen MR) is 87.1 cm³/mol. The number of carbonyl (C=O) groups is 1. The van der Waals surface area contributed by atoms with E-state index in [4.69, 9.17) is 4.74 Å². The normalized spacial score (nSPS) is 22.1. The molecule has 1 fully saturated rings. The number of carbonyl (C=O) groups excluding carboxylic acids is 1. The van der Waals surface area contributed by atoms with Crippen molar-refractivity contribution in [3.63, 3.8) is 0 Å². The number of hydrogen-bond acceptors (Lipinski definition) is 3. The molecule has 0 radical (unpaired) electrons. The van der Waals surface area contributed by atoms with Crippen LogP contribution in [0.5, 0.6) is 0 Å². The first-order chi connectivity index (χ1) is 10.4. The maximum absolute atomic E-state index is 13.0. The van der Waals surface area contributed by atoms with Crippen LogP contribution >= 0.6 is 0 Å². The van der Waals surface area contributed by atoms with Gasteiger partial charge >= 0.3 is 0 Å². The van der Waals surface area contributed by atoms with Crippen molar-refractivity contribution in [1.82, 2.24) is 9.88 Å². The van der Waals surface area contributed by atoms with Crippen LogP contribution in [0, 0.1) is 13.8 Å². The van der Waals surface area contributed by atoms with E-state index in [9.17, 15) is 4.79 Å². The molecule has 4 heteroatoms. The van der Waals surface area contributed by atoms with Crippen LogP contribution in [0.25, 0.3) is 10.9 Å². The Kier molecular flexibility index (Phi) is 3.87. The number of aromatic nitrogens is 1. The standard InChI is InChI=1S/C18H22N2O2/c1-11-5-6-17-15(7-11)16(8-12(2)19-17)18(21)20-9-13(3)22-14(4)10-20/h5-8,13-14H,9-10H2,1-4H3. The molecule has 1 aliphatic heterocycles. The molecule has 2 heterocycles. The van der Waals surface area contributed by atoms with E-state index in [-0.39, 0.29) is 18.1 Å². The van der Waals surface area contributed by atoms with Gasteiger partial charge in [-0.2, -0.15) is 0 Å². The first-order valence-corrected chi connectivity index (χ1v) is 7.77. The molecule has 2 aromatic rings. The van der Waals surface area contributed by atoms with Crippen molar-refractivity contribution >= 4 is 16.8 Å². The Labute approximate surface area is 131 Å². The summed E-state index contributed by atoms with van der Waals surface area (Å²) in [5.74, 6) is 0.0723. The summed E-state index contributed by atoms with van der Waals surface area (Å²) in [7, 11) is 0. The van der Waals surface area contributed by atoms with Crippen molar-refractivity contribution in [3.05, 3.63) is 41.1 Å². The summed E-state index contributed by atoms with van der Waals surface area (Å²) in [6.45, 7) is 9.26. The number of amides is 1. The Morgan fingerprint density at radius 3 is 2.55 bits per heavy atom. The molecular weight excluding hydrogens is 276 g/mol. The Hall–Kier alpha value is -1.94. The maximum Gasteiger partial charge on any atom is 0.254 e. The Balaban J connectivity index is 2.05. The van der Waals surface area contributed by atoms with Crippen molar-refractivity contribution in [1.29, 1.82) is 0 Å². The predicted octanol–water partition coefficient (Wildman–Crippen LogP) is 3.10. The molecular formula is C18H22N2O2. The highest BCUT2D eigenvalue weighted by Gasteiger charge is 2.27. The van der Waals surface area contributed by atoms with Gasteiger partial charge in [-0.25, -0.2) is 0 Å². The van der Waals surface area contributed by atoms with E-state index >= 15 is 0 Å². The summed E-state index contributed by atoms with van der Waals surface area (Å²) in [4.78, 5) is 19.4. The lowest BCUT2D eigenvalue weighted by Crippen LogP contribution is -2.48. The van der Waals surface area contributed by atoms with Crippen LogP contribution in [0.2, 0.25) is 0 Å². The summed E-state index contributed by atoms with van der Waals surface area (Å²) in [5, 5.41) is 0.933. The first-order valence-electron chi connectivity index (χ1n) is 7.77. The van der Waals surface area contributed by atoms with Crippen LogP contribution in [0.15, 0.2) is 24.3 Å². The minimum atomic E-state index is 0.0723. The second-order valence-corrected chi connectivity index (χ2v) is 6.30. The van der Waals surface area contributed by atoms with Gasteiger partial charge in [0.05, 0.1) is 23.3 Å². The third-order valence-corrected chi connectivity index (χ3v) is 4.03. The molecule has 0 aliphatic carbocycles. The van der Waals surface area contributed by atoms with E-state index in [2.05, 4.69) is 4.98 Å². The van der Waals surface area contributed by atoms with Gasteiger partial charge in [-0.1, -0.05) is 11.6 Å². The van der Waals surface area contributed by atoms with Gasteiger partial charge in [0.1, 0.15) is 0 Å². The molecule has 1 aromatic carbocycles. The zero-order valence-corrected chi connectivity index (χ0v) is 13.6. The zero-order valence-electron chi connectivity index (χ0n) is 13.6. The van der Waals surface area contributed by atoms with Crippen LogP contribution in [0.3, 0.4) is 0 Å². The number of pyridine rings is 1. The highest BCUT2D eigenvalue weighted by Crippen LogP contribution is 2.23. The fourth-order valence-corrected chi connectivity index (χ4v) is 3.16. The number of ether oxygens (including phenoxy) is 1. The molecule has 3 rings (SSSR count). The number of hydrogen-bond donors (Lipinski definition) is 0. The van der Waals surface area contributed by atoms with Crippen molar-refractivity contribution in [3.8, 4) is 0 Å². The molecule has 2 atom stereocenters. The fourth-order valence-electron chi connectivity index (χ4n) is 3.16. The van der Waals surface area contributed by atoms with Gasteiger partial charge < -0.3 is 9.64 Å². The van der Waals surface area contributed by atoms with Gasteiger partial charge in [0.2, 0.25) is 0 Å². The average molecular weight is 298 g/mol. The van der Waals surface area contributed by atoms with Crippen molar-refractivity contribution in [2.24, 2.45) is 0 Å². The van der Waals surface area contributed by atoms with Gasteiger partial charge in [-0.15, -0.1) is 0 Å². The Bertz CT molecular complexity index is 716. The molecule has 0 spiro atoms. The summed E-state index contributed by atoms with van der Waals surface area (Å²) in [6, 6.07) is 7.96. The highest BCUT2D eigenvalue weighted by molar-refractivity contribution is 6.06. The SMILES string of the molecule is Cc1ccc2nc(C)cc(C(=O)N3CC(C)OC(C)C3)c2c1. The Morgan fingerprint density at radius 2 is 1.86 bits per heavy atom. The third-order valence-electron chi connectivity index (χ3n) is 4.03. The topological polar surface area (TPSA) is 42.4 Å². The van der Waals surface area contributed by atoms with Crippen LogP contribution in [-0.2, 0) is 4.74 Å². The van der Waals surface area contributed by atoms with E-state index in [0.717, 1.165) is 27.7 Å². The number of aryl methyl sites for hydroxylation is 2. The highest BCUT2D eigenvalue weighted by atomic mass is 16.5. The molecule has 0 N–H and O–H groups in total. The Morgan fingerprint density at radius 1 is 1.18 bits per heavy atom. The molecule has 0 saturated carbocycles. The molecule has 1 aromatic heterocycles. The van der Waals surface area contributed by atoms with Crippen LogP contribution in [0.1, 0.15) is 35.5 Å². The van der Waals surface area contributed by atoms with E-state index in [0.29, 0.717) is 13.1 Å². The summed E-state index contributed by atoms with van der Waals surface area (Å²) >= 11 is 0. The quantitative estimate of drug-likeness (QED) is 0.812. The van der Waals surface area contributed by atoms with E-state index in [1.165, 1.54) is 0 Å². The molecule has 0 bridgehead atoms. The van der Waals surface area contributed by atoms with Gasteiger partial charge in [-0.3, -0.25) is 9.78 Å². The first kappa shape index (κ1) is 15.0. The van der Waals surface area contributed by atoms with Crippen LogP contribution in [0.4, 0.5) is 0 Å². The van der Waals surface area contributed by atoms with Crippen molar-refractivity contribution in [2.45, 2.75) is 39.9 Å². The smallest absolute Gasteiger partial charge is 0.254 e. The molecule has 116 valence electrons. The lowest BCUT2D eigenvalue weighted by Gasteiger charge is -2.35. The number of nitrogens with zero attached hydrogens (tertiary/aromatic N) is 2. The molecule has 1 aliphatic rings. The van der Waals surface area contributed by atoms with Gasteiger partial charge in [0, 0.05) is 24.2 Å². The van der Waals surface area contributed by atoms with Crippen LogP contribution < -0.4 is 0 Å². The minimum absolute atomic E-state index is 0.0723. The average Bonchev–Trinajstić information content (AvgIpc) is 2.45. The van der Waals surface area contributed by atoms with Crippen LogP contribution in [-0.4, -0.2) is 41.1 Å². The number of fused-ring (bicyclic) bond motifs is 1.